The van der Waals surface area contributed by atoms with Gasteiger partial charge in [0.25, 0.3) is 0 Å². The highest BCUT2D eigenvalue weighted by Crippen LogP contribution is 2.27. The molecule has 0 radical (unpaired) electrons. The molecule has 0 saturated heterocycles. The van der Waals surface area contributed by atoms with Crippen molar-refractivity contribution in [1.82, 2.24) is 9.55 Å². The molecule has 0 aliphatic carbocycles. The lowest BCUT2D eigenvalue weighted by atomic mass is 10.2. The molecule has 1 unspecified atom stereocenters. The molecule has 24 heavy (non-hydrogen) atoms. The van der Waals surface area contributed by atoms with Gasteiger partial charge in [-0.2, -0.15) is 0 Å². The van der Waals surface area contributed by atoms with Crippen LogP contribution in [-0.4, -0.2) is 21.6 Å². The Morgan fingerprint density at radius 1 is 1.17 bits per heavy atom. The summed E-state index contributed by atoms with van der Waals surface area (Å²) in [4.78, 5) is 17.8. The summed E-state index contributed by atoms with van der Waals surface area (Å²) in [5, 5.41) is 13.4. The molecule has 1 aromatic carbocycles. The van der Waals surface area contributed by atoms with E-state index in [4.69, 9.17) is 0 Å². The van der Waals surface area contributed by atoms with Crippen LogP contribution in [0, 0.1) is 0 Å². The highest BCUT2D eigenvalue weighted by Gasteiger charge is 2.24. The summed E-state index contributed by atoms with van der Waals surface area (Å²) in [7, 11) is -0.354. The number of rotatable bonds is 5. The van der Waals surface area contributed by atoms with Crippen LogP contribution in [-0.2, 0) is 17.4 Å². The summed E-state index contributed by atoms with van der Waals surface area (Å²) in [6.45, 7) is 2.49. The first-order chi connectivity index (χ1) is 11.6. The maximum absolute atomic E-state index is 13.1. The number of aromatic nitrogens is 2. The van der Waals surface area contributed by atoms with E-state index < -0.39 is 0 Å². The van der Waals surface area contributed by atoms with Crippen molar-refractivity contribution < 1.29 is 5.11 Å². The Kier molecular flexibility index (Phi) is 4.90. The average Bonchev–Trinajstić information content (AvgIpc) is 2.60. The maximum atomic E-state index is 13.1. The van der Waals surface area contributed by atoms with E-state index in [1.807, 2.05) is 36.6 Å². The van der Waals surface area contributed by atoms with Crippen LogP contribution in [0.4, 0.5) is 0 Å². The Balaban J connectivity index is 2.25. The zero-order valence-corrected chi connectivity index (χ0v) is 14.7. The molecule has 0 bridgehead atoms. The summed E-state index contributed by atoms with van der Waals surface area (Å²) in [6.07, 6.45) is 4.55. The van der Waals surface area contributed by atoms with Gasteiger partial charge in [0.05, 0.1) is 6.54 Å². The van der Waals surface area contributed by atoms with E-state index in [0.717, 1.165) is 17.7 Å². The first kappa shape index (κ1) is 16.6. The zero-order valence-electron chi connectivity index (χ0n) is 13.9. The van der Waals surface area contributed by atoms with Crippen molar-refractivity contribution in [2.75, 3.05) is 12.0 Å². The van der Waals surface area contributed by atoms with E-state index >= 15 is 0 Å². The summed E-state index contributed by atoms with van der Waals surface area (Å²) < 4.78 is 1.64. The number of hydrogen-bond donors (Lipinski definition) is 0. The van der Waals surface area contributed by atoms with E-state index in [1.54, 1.807) is 22.9 Å². The average molecular weight is 340 g/mol. The van der Waals surface area contributed by atoms with Crippen molar-refractivity contribution in [2.45, 2.75) is 24.8 Å². The zero-order chi connectivity index (χ0) is 17.1. The first-order valence-corrected chi connectivity index (χ1v) is 9.78. The number of pyridine rings is 2. The third kappa shape index (κ3) is 3.04. The van der Waals surface area contributed by atoms with E-state index in [0.29, 0.717) is 22.5 Å². The van der Waals surface area contributed by atoms with E-state index in [-0.39, 0.29) is 22.2 Å². The van der Waals surface area contributed by atoms with Crippen molar-refractivity contribution in [3.8, 4) is 5.75 Å². The molecule has 2 aromatic heterocycles. The molecule has 4 nitrogen and oxygen atoms in total. The van der Waals surface area contributed by atoms with Gasteiger partial charge in [-0.15, -0.1) is 0 Å². The molecule has 5 heteroatoms. The SMILES string of the molecule is CCC[S+](C)c1c([O-])c2cccnc2n(Cc2ccccc2)c1=O. The number of nitrogens with zero attached hydrogens (tertiary/aromatic N) is 2. The Morgan fingerprint density at radius 2 is 1.92 bits per heavy atom. The highest BCUT2D eigenvalue weighted by atomic mass is 32.2. The van der Waals surface area contributed by atoms with Gasteiger partial charge < -0.3 is 5.11 Å². The molecule has 124 valence electrons. The molecule has 0 fully saturated rings. The minimum atomic E-state index is -0.354. The predicted octanol–water partition coefficient (Wildman–Crippen LogP) is 2.54. The Labute approximate surface area is 144 Å². The van der Waals surface area contributed by atoms with Crippen LogP contribution in [0.2, 0.25) is 0 Å². The molecule has 0 saturated carbocycles. The van der Waals surface area contributed by atoms with Crippen molar-refractivity contribution >= 4 is 21.9 Å². The molecule has 1 atom stereocenters. The number of benzene rings is 1. The van der Waals surface area contributed by atoms with E-state index in [9.17, 15) is 9.90 Å². The lowest BCUT2D eigenvalue weighted by Crippen LogP contribution is -2.29. The third-order valence-electron chi connectivity index (χ3n) is 3.97. The van der Waals surface area contributed by atoms with Gasteiger partial charge in [-0.1, -0.05) is 43.3 Å². The molecule has 0 N–H and O–H groups in total. The number of fused-ring (bicyclic) bond motifs is 1. The van der Waals surface area contributed by atoms with Crippen LogP contribution in [0.3, 0.4) is 0 Å². The molecule has 0 aliphatic rings. The molecule has 3 rings (SSSR count). The van der Waals surface area contributed by atoms with Gasteiger partial charge >= 0.3 is 5.56 Å². The van der Waals surface area contributed by atoms with Crippen LogP contribution in [0.25, 0.3) is 11.0 Å². The van der Waals surface area contributed by atoms with Gasteiger partial charge in [0.15, 0.2) is 0 Å². The summed E-state index contributed by atoms with van der Waals surface area (Å²) >= 11 is 0. The molecule has 0 amide bonds. The highest BCUT2D eigenvalue weighted by molar-refractivity contribution is 7.96. The lowest BCUT2D eigenvalue weighted by molar-refractivity contribution is -0.270. The molecular formula is C19H20N2O2S. The standard InChI is InChI=1S/C19H20N2O2S/c1-3-12-24(2)17-16(22)15-10-7-11-20-18(15)21(19(17)23)13-14-8-5-4-6-9-14/h4-11H,3,12-13H2,1-2H3. The Hall–Kier alpha value is -2.27. The number of hydrogen-bond acceptors (Lipinski definition) is 3. The van der Waals surface area contributed by atoms with Gasteiger partial charge in [0.1, 0.15) is 17.7 Å². The van der Waals surface area contributed by atoms with Crippen LogP contribution in [0.15, 0.2) is 58.4 Å². The van der Waals surface area contributed by atoms with Gasteiger partial charge in [0.2, 0.25) is 4.90 Å². The normalized spacial score (nSPS) is 12.4. The topological polar surface area (TPSA) is 58.0 Å². The van der Waals surface area contributed by atoms with Crippen molar-refractivity contribution in [3.63, 3.8) is 0 Å². The summed E-state index contributed by atoms with van der Waals surface area (Å²) in [6, 6.07) is 13.3. The van der Waals surface area contributed by atoms with E-state index in [2.05, 4.69) is 11.9 Å². The monoisotopic (exact) mass is 340 g/mol. The van der Waals surface area contributed by atoms with Crippen molar-refractivity contribution in [2.24, 2.45) is 0 Å². The second-order valence-corrected chi connectivity index (χ2v) is 7.84. The van der Waals surface area contributed by atoms with Gasteiger partial charge in [-0.3, -0.25) is 9.36 Å². The molecule has 2 heterocycles. The quantitative estimate of drug-likeness (QED) is 0.671. The summed E-state index contributed by atoms with van der Waals surface area (Å²) in [5.74, 6) is 0.688. The molecular weight excluding hydrogens is 320 g/mol. The molecule has 0 aliphatic heterocycles. The van der Waals surface area contributed by atoms with Crippen LogP contribution in [0.1, 0.15) is 18.9 Å². The first-order valence-electron chi connectivity index (χ1n) is 7.98. The van der Waals surface area contributed by atoms with Crippen LogP contribution in [0.5, 0.6) is 5.75 Å². The fourth-order valence-electron chi connectivity index (χ4n) is 2.86. The maximum Gasteiger partial charge on any atom is 0.307 e. The van der Waals surface area contributed by atoms with Gasteiger partial charge in [-0.25, -0.2) is 4.98 Å². The van der Waals surface area contributed by atoms with Gasteiger partial charge in [0, 0.05) is 22.5 Å². The fourth-order valence-corrected chi connectivity index (χ4v) is 4.51. The largest absolute Gasteiger partial charge is 0.868 e. The van der Waals surface area contributed by atoms with Crippen molar-refractivity contribution in [1.29, 1.82) is 0 Å². The fraction of sp³-hybridized carbons (Fsp3) is 0.263. The minimum Gasteiger partial charge on any atom is -0.868 e. The molecule has 3 aromatic rings. The molecule has 0 spiro atoms. The summed E-state index contributed by atoms with van der Waals surface area (Å²) in [5.41, 5.74) is 1.28. The minimum absolute atomic E-state index is 0.160. The van der Waals surface area contributed by atoms with E-state index in [1.165, 1.54) is 0 Å². The second kappa shape index (κ2) is 7.09. The third-order valence-corrected chi connectivity index (χ3v) is 6.05. The predicted molar refractivity (Wildman–Crippen MR) is 97.7 cm³/mol. The Morgan fingerprint density at radius 3 is 2.62 bits per heavy atom. The van der Waals surface area contributed by atoms with Gasteiger partial charge in [-0.05, 0) is 23.8 Å². The van der Waals surface area contributed by atoms with Crippen molar-refractivity contribution in [3.05, 3.63) is 64.6 Å². The lowest BCUT2D eigenvalue weighted by Gasteiger charge is -2.18. The van der Waals surface area contributed by atoms with Crippen LogP contribution < -0.4 is 10.7 Å². The Bertz CT molecular complexity index is 906. The second-order valence-electron chi connectivity index (χ2n) is 5.75. The smallest absolute Gasteiger partial charge is 0.307 e. The van der Waals surface area contributed by atoms with Crippen LogP contribution >= 0.6 is 0 Å².